The molecule has 0 aromatic heterocycles. The molecule has 6 heteroatoms. The van der Waals surface area contributed by atoms with Crippen molar-refractivity contribution >= 4 is 14.4 Å². The molecule has 5 nitrogen and oxygen atoms in total. The Morgan fingerprint density at radius 2 is 1.67 bits per heavy atom. The van der Waals surface area contributed by atoms with Gasteiger partial charge < -0.3 is 19.6 Å². The first-order valence-electron chi connectivity index (χ1n) is 7.48. The Morgan fingerprint density at radius 3 is 2.00 bits per heavy atom. The maximum absolute atomic E-state index is 11.8. The number of hydrogen-bond donors (Lipinski definition) is 2. The number of ether oxygens (including phenoxy) is 1. The van der Waals surface area contributed by atoms with Crippen LogP contribution in [-0.4, -0.2) is 43.9 Å². The van der Waals surface area contributed by atoms with Crippen LogP contribution in [-0.2, 0) is 9.16 Å². The highest BCUT2D eigenvalue weighted by Gasteiger charge is 2.40. The molecule has 0 spiro atoms. The summed E-state index contributed by atoms with van der Waals surface area (Å²) in [6.45, 7) is 17.8. The van der Waals surface area contributed by atoms with E-state index in [-0.39, 0.29) is 17.7 Å². The summed E-state index contributed by atoms with van der Waals surface area (Å²) in [4.78, 5) is 11.8. The Hall–Kier alpha value is -0.593. The standard InChI is InChI=1S/C15H33NO4Si/c1-11(20-21(8,9)15(5,6)7)12(10-17)16-13(18)19-14(2,3)4/h11-12,17H,10H2,1-9H3,(H,16,18). The largest absolute Gasteiger partial charge is 0.444 e. The molecule has 2 N–H and O–H groups in total. The van der Waals surface area contributed by atoms with Gasteiger partial charge >= 0.3 is 6.09 Å². The van der Waals surface area contributed by atoms with Crippen LogP contribution in [0.5, 0.6) is 0 Å². The molecule has 0 aromatic rings. The third-order valence-corrected chi connectivity index (χ3v) is 8.33. The van der Waals surface area contributed by atoms with Crippen LogP contribution in [0.1, 0.15) is 48.5 Å². The smallest absolute Gasteiger partial charge is 0.408 e. The second-order valence-electron chi connectivity index (χ2n) is 8.02. The van der Waals surface area contributed by atoms with E-state index in [0.29, 0.717) is 0 Å². The molecular formula is C15H33NO4Si. The maximum atomic E-state index is 11.8. The number of nitrogens with one attached hydrogen (secondary N) is 1. The molecule has 0 radical (unpaired) electrons. The number of rotatable bonds is 5. The first kappa shape index (κ1) is 20.4. The van der Waals surface area contributed by atoms with Crippen LogP contribution in [0, 0.1) is 0 Å². The van der Waals surface area contributed by atoms with Crippen LogP contribution in [0.15, 0.2) is 0 Å². The van der Waals surface area contributed by atoms with Crippen molar-refractivity contribution in [2.24, 2.45) is 0 Å². The Morgan fingerprint density at radius 1 is 1.19 bits per heavy atom. The van der Waals surface area contributed by atoms with Crippen molar-refractivity contribution in [1.29, 1.82) is 0 Å². The lowest BCUT2D eigenvalue weighted by Crippen LogP contribution is -2.52. The molecule has 2 atom stereocenters. The number of alkyl carbamates (subject to hydrolysis) is 1. The second kappa shape index (κ2) is 7.11. The summed E-state index contributed by atoms with van der Waals surface area (Å²) in [5.41, 5.74) is -0.562. The van der Waals surface area contributed by atoms with Gasteiger partial charge in [0.15, 0.2) is 8.32 Å². The third-order valence-electron chi connectivity index (χ3n) is 3.75. The number of carbonyl (C=O) groups is 1. The zero-order valence-electron chi connectivity index (χ0n) is 15.0. The highest BCUT2D eigenvalue weighted by atomic mass is 28.4. The van der Waals surface area contributed by atoms with Gasteiger partial charge in [-0.2, -0.15) is 0 Å². The molecule has 0 aliphatic carbocycles. The fourth-order valence-corrected chi connectivity index (χ4v) is 2.94. The molecule has 0 saturated carbocycles. The Kier molecular flexibility index (Phi) is 6.91. The molecule has 2 unspecified atom stereocenters. The van der Waals surface area contributed by atoms with Crippen LogP contribution in [0.3, 0.4) is 0 Å². The quantitative estimate of drug-likeness (QED) is 0.763. The van der Waals surface area contributed by atoms with E-state index in [4.69, 9.17) is 9.16 Å². The summed E-state index contributed by atoms with van der Waals surface area (Å²) in [7, 11) is -1.95. The van der Waals surface area contributed by atoms with Crippen molar-refractivity contribution in [2.75, 3.05) is 6.61 Å². The lowest BCUT2D eigenvalue weighted by molar-refractivity contribution is 0.0391. The van der Waals surface area contributed by atoms with E-state index in [1.807, 2.05) is 6.92 Å². The minimum atomic E-state index is -1.95. The molecule has 0 rings (SSSR count). The molecule has 0 bridgehead atoms. The maximum Gasteiger partial charge on any atom is 0.408 e. The van der Waals surface area contributed by atoms with E-state index in [1.54, 1.807) is 20.8 Å². The van der Waals surface area contributed by atoms with Gasteiger partial charge in [-0.15, -0.1) is 0 Å². The van der Waals surface area contributed by atoms with E-state index < -0.39 is 26.1 Å². The van der Waals surface area contributed by atoms with Crippen molar-refractivity contribution < 1.29 is 19.1 Å². The molecule has 1 amide bonds. The fraction of sp³-hybridized carbons (Fsp3) is 0.933. The van der Waals surface area contributed by atoms with Gasteiger partial charge in [0.1, 0.15) is 5.60 Å². The summed E-state index contributed by atoms with van der Waals surface area (Å²) >= 11 is 0. The highest BCUT2D eigenvalue weighted by Crippen LogP contribution is 2.37. The Bertz CT molecular complexity index is 345. The van der Waals surface area contributed by atoms with Gasteiger partial charge in [0.25, 0.3) is 0 Å². The van der Waals surface area contributed by atoms with Crippen LogP contribution in [0.4, 0.5) is 4.79 Å². The minimum absolute atomic E-state index is 0.0766. The average Bonchev–Trinajstić information content (AvgIpc) is 2.20. The summed E-state index contributed by atoms with van der Waals surface area (Å²) in [6.07, 6.45) is -0.810. The van der Waals surface area contributed by atoms with Crippen molar-refractivity contribution in [2.45, 2.75) is 84.3 Å². The summed E-state index contributed by atoms with van der Waals surface area (Å²) < 4.78 is 11.4. The lowest BCUT2D eigenvalue weighted by atomic mass is 10.2. The number of aliphatic hydroxyl groups excluding tert-OH is 1. The zero-order valence-corrected chi connectivity index (χ0v) is 16.0. The van der Waals surface area contributed by atoms with Crippen molar-refractivity contribution in [3.05, 3.63) is 0 Å². The van der Waals surface area contributed by atoms with Crippen molar-refractivity contribution in [3.63, 3.8) is 0 Å². The van der Waals surface area contributed by atoms with E-state index in [2.05, 4.69) is 39.2 Å². The van der Waals surface area contributed by atoms with Gasteiger partial charge in [0.05, 0.1) is 18.8 Å². The molecule has 0 saturated heterocycles. The van der Waals surface area contributed by atoms with Crippen molar-refractivity contribution in [1.82, 2.24) is 5.32 Å². The minimum Gasteiger partial charge on any atom is -0.444 e. The first-order chi connectivity index (χ1) is 9.19. The third kappa shape index (κ3) is 7.29. The number of hydrogen-bond acceptors (Lipinski definition) is 4. The Balaban J connectivity index is 4.71. The normalized spacial score (nSPS) is 16.3. The van der Waals surface area contributed by atoms with Crippen molar-refractivity contribution in [3.8, 4) is 0 Å². The average molecular weight is 320 g/mol. The van der Waals surface area contributed by atoms with E-state index in [9.17, 15) is 9.90 Å². The van der Waals surface area contributed by atoms with Gasteiger partial charge in [-0.25, -0.2) is 4.79 Å². The van der Waals surface area contributed by atoms with Crippen LogP contribution in [0.25, 0.3) is 0 Å². The SMILES string of the molecule is CC(O[Si](C)(C)C(C)(C)C)C(CO)NC(=O)OC(C)(C)C. The number of aliphatic hydroxyl groups is 1. The molecule has 0 aromatic carbocycles. The van der Waals surface area contributed by atoms with Crippen LogP contribution >= 0.6 is 0 Å². The summed E-state index contributed by atoms with van der Waals surface area (Å²) in [5.74, 6) is 0. The summed E-state index contributed by atoms with van der Waals surface area (Å²) in [6, 6.07) is -0.478. The predicted molar refractivity (Wildman–Crippen MR) is 88.0 cm³/mol. The number of carbonyl (C=O) groups excluding carboxylic acids is 1. The molecular weight excluding hydrogens is 286 g/mol. The first-order valence-corrected chi connectivity index (χ1v) is 10.4. The fourth-order valence-electron chi connectivity index (χ4n) is 1.49. The molecule has 0 heterocycles. The van der Waals surface area contributed by atoms with Gasteiger partial charge in [0, 0.05) is 0 Å². The monoisotopic (exact) mass is 319 g/mol. The Labute approximate surface area is 130 Å². The predicted octanol–water partition coefficient (Wildman–Crippen LogP) is 3.28. The van der Waals surface area contributed by atoms with E-state index in [1.165, 1.54) is 0 Å². The molecule has 0 fully saturated rings. The van der Waals surface area contributed by atoms with Gasteiger partial charge in [-0.1, -0.05) is 20.8 Å². The van der Waals surface area contributed by atoms with E-state index >= 15 is 0 Å². The molecule has 126 valence electrons. The zero-order chi connectivity index (χ0) is 17.1. The highest BCUT2D eigenvalue weighted by molar-refractivity contribution is 6.74. The van der Waals surface area contributed by atoms with Gasteiger partial charge in [0.2, 0.25) is 0 Å². The van der Waals surface area contributed by atoms with Crippen LogP contribution < -0.4 is 5.32 Å². The molecule has 21 heavy (non-hydrogen) atoms. The lowest BCUT2D eigenvalue weighted by Gasteiger charge is -2.40. The second-order valence-corrected chi connectivity index (χ2v) is 12.8. The molecule has 0 aliphatic heterocycles. The molecule has 0 aliphatic rings. The van der Waals surface area contributed by atoms with E-state index in [0.717, 1.165) is 0 Å². The summed E-state index contributed by atoms with van der Waals surface area (Å²) in [5, 5.41) is 12.3. The van der Waals surface area contributed by atoms with Crippen LogP contribution in [0.2, 0.25) is 18.1 Å². The topological polar surface area (TPSA) is 67.8 Å². The van der Waals surface area contributed by atoms with Gasteiger partial charge in [-0.3, -0.25) is 0 Å². The number of amides is 1. The van der Waals surface area contributed by atoms with Gasteiger partial charge in [-0.05, 0) is 45.8 Å².